The first-order valence-corrected chi connectivity index (χ1v) is 7.20. The lowest BCUT2D eigenvalue weighted by Crippen LogP contribution is -2.17. The number of benzene rings is 2. The summed E-state index contributed by atoms with van der Waals surface area (Å²) in [6.45, 7) is 0. The van der Waals surface area contributed by atoms with Gasteiger partial charge in [-0.3, -0.25) is 4.72 Å². The van der Waals surface area contributed by atoms with Gasteiger partial charge in [0.1, 0.15) is 28.0 Å². The summed E-state index contributed by atoms with van der Waals surface area (Å²) in [5.74, 6) is -5.16. The van der Waals surface area contributed by atoms with Crippen LogP contribution in [0.15, 0.2) is 41.3 Å². The van der Waals surface area contributed by atoms with E-state index in [1.165, 1.54) is 0 Å². The molecule has 0 atom stereocenters. The highest BCUT2D eigenvalue weighted by atomic mass is 32.2. The highest BCUT2D eigenvalue weighted by Crippen LogP contribution is 2.24. The Balaban J connectivity index is 2.45. The summed E-state index contributed by atoms with van der Waals surface area (Å²) in [5, 5.41) is 8.68. The lowest BCUT2D eigenvalue weighted by atomic mass is 10.2. The van der Waals surface area contributed by atoms with E-state index >= 15 is 0 Å². The first kappa shape index (κ1) is 15.8. The number of halogens is 3. The molecule has 0 saturated carbocycles. The van der Waals surface area contributed by atoms with Crippen LogP contribution in [0.4, 0.5) is 18.9 Å². The second-order valence-corrected chi connectivity index (χ2v) is 5.80. The van der Waals surface area contributed by atoms with Gasteiger partial charge in [-0.2, -0.15) is 0 Å². The van der Waals surface area contributed by atoms with E-state index in [9.17, 15) is 26.4 Å². The van der Waals surface area contributed by atoms with Crippen LogP contribution in [0.1, 0.15) is 10.4 Å². The van der Waals surface area contributed by atoms with Gasteiger partial charge in [-0.1, -0.05) is 6.07 Å². The smallest absolute Gasteiger partial charge is 0.335 e. The lowest BCUT2D eigenvalue weighted by molar-refractivity contribution is 0.0696. The minimum Gasteiger partial charge on any atom is -0.478 e. The topological polar surface area (TPSA) is 83.5 Å². The SMILES string of the molecule is O=C(O)c1ccc(S(=O)(=O)Nc2c(F)cccc2F)c(F)c1. The van der Waals surface area contributed by atoms with Gasteiger partial charge in [-0.15, -0.1) is 0 Å². The van der Waals surface area contributed by atoms with E-state index in [2.05, 4.69) is 0 Å². The van der Waals surface area contributed by atoms with Crippen LogP contribution in [0.2, 0.25) is 0 Å². The largest absolute Gasteiger partial charge is 0.478 e. The van der Waals surface area contributed by atoms with E-state index in [-0.39, 0.29) is 0 Å². The number of anilines is 1. The molecule has 0 spiro atoms. The molecule has 0 aromatic heterocycles. The van der Waals surface area contributed by atoms with Gasteiger partial charge in [-0.25, -0.2) is 26.4 Å². The Morgan fingerprint density at radius 1 is 1.00 bits per heavy atom. The molecule has 5 nitrogen and oxygen atoms in total. The molecule has 0 heterocycles. The van der Waals surface area contributed by atoms with Gasteiger partial charge in [0.25, 0.3) is 10.0 Å². The van der Waals surface area contributed by atoms with Crippen molar-refractivity contribution >= 4 is 21.7 Å². The summed E-state index contributed by atoms with van der Waals surface area (Å²) in [7, 11) is -4.63. The van der Waals surface area contributed by atoms with Crippen molar-refractivity contribution in [1.29, 1.82) is 0 Å². The summed E-state index contributed by atoms with van der Waals surface area (Å²) < 4.78 is 66.1. The van der Waals surface area contributed by atoms with Crippen molar-refractivity contribution in [2.75, 3.05) is 4.72 Å². The molecule has 2 aromatic rings. The van der Waals surface area contributed by atoms with Crippen molar-refractivity contribution < 1.29 is 31.5 Å². The third-order valence-corrected chi connectivity index (χ3v) is 4.05. The number of sulfonamides is 1. The lowest BCUT2D eigenvalue weighted by Gasteiger charge is -2.10. The molecule has 0 fully saturated rings. The van der Waals surface area contributed by atoms with Crippen LogP contribution < -0.4 is 4.72 Å². The molecule has 116 valence electrons. The molecule has 0 radical (unpaired) electrons. The van der Waals surface area contributed by atoms with Crippen molar-refractivity contribution in [3.05, 3.63) is 59.4 Å². The maximum atomic E-state index is 13.7. The third kappa shape index (κ3) is 3.03. The quantitative estimate of drug-likeness (QED) is 0.902. The first-order chi connectivity index (χ1) is 10.2. The highest BCUT2D eigenvalue weighted by molar-refractivity contribution is 7.92. The molecule has 0 saturated heterocycles. The molecule has 9 heteroatoms. The van der Waals surface area contributed by atoms with Gasteiger partial charge in [0, 0.05) is 0 Å². The first-order valence-electron chi connectivity index (χ1n) is 5.72. The van der Waals surface area contributed by atoms with E-state index in [1.807, 2.05) is 0 Å². The maximum Gasteiger partial charge on any atom is 0.335 e. The Bertz CT molecular complexity index is 832. The molecule has 0 aliphatic rings. The van der Waals surface area contributed by atoms with Crippen LogP contribution in [0.3, 0.4) is 0 Å². The average Bonchev–Trinajstić information content (AvgIpc) is 2.42. The van der Waals surface area contributed by atoms with Crippen LogP contribution in [-0.4, -0.2) is 19.5 Å². The van der Waals surface area contributed by atoms with Gasteiger partial charge in [-0.05, 0) is 30.3 Å². The maximum absolute atomic E-state index is 13.7. The number of hydrogen-bond donors (Lipinski definition) is 2. The normalized spacial score (nSPS) is 11.2. The number of carboxylic acid groups (broad SMARTS) is 1. The fraction of sp³-hybridized carbons (Fsp3) is 0. The molecule has 2 aromatic carbocycles. The monoisotopic (exact) mass is 331 g/mol. The number of nitrogens with one attached hydrogen (secondary N) is 1. The van der Waals surface area contributed by atoms with Crippen LogP contribution >= 0.6 is 0 Å². The molecule has 2 rings (SSSR count). The van der Waals surface area contributed by atoms with Crippen molar-refractivity contribution in [3.63, 3.8) is 0 Å². The van der Waals surface area contributed by atoms with Gasteiger partial charge >= 0.3 is 5.97 Å². The number of carboxylic acids is 1. The summed E-state index contributed by atoms with van der Waals surface area (Å²) >= 11 is 0. The number of aromatic carboxylic acids is 1. The predicted molar refractivity (Wildman–Crippen MR) is 70.5 cm³/mol. The third-order valence-electron chi connectivity index (χ3n) is 2.67. The minimum absolute atomic E-state index is 0.464. The molecule has 0 bridgehead atoms. The van der Waals surface area contributed by atoms with Crippen LogP contribution in [0.5, 0.6) is 0 Å². The summed E-state index contributed by atoms with van der Waals surface area (Å²) in [6.07, 6.45) is 0. The Morgan fingerprint density at radius 2 is 1.59 bits per heavy atom. The van der Waals surface area contributed by atoms with Crippen molar-refractivity contribution in [2.45, 2.75) is 4.90 Å². The molecule has 0 unspecified atom stereocenters. The van der Waals surface area contributed by atoms with Crippen LogP contribution in [0, 0.1) is 17.5 Å². The molecular formula is C13H8F3NO4S. The zero-order valence-corrected chi connectivity index (χ0v) is 11.5. The molecular weight excluding hydrogens is 323 g/mol. The van der Waals surface area contributed by atoms with Crippen LogP contribution in [-0.2, 0) is 10.0 Å². The number of hydrogen-bond acceptors (Lipinski definition) is 3. The van der Waals surface area contributed by atoms with E-state index in [1.54, 1.807) is 4.72 Å². The zero-order valence-electron chi connectivity index (χ0n) is 10.7. The Hall–Kier alpha value is -2.55. The Kier molecular flexibility index (Phi) is 4.09. The minimum atomic E-state index is -4.63. The van der Waals surface area contributed by atoms with E-state index in [0.29, 0.717) is 12.1 Å². The predicted octanol–water partition coefficient (Wildman–Crippen LogP) is 2.60. The van der Waals surface area contributed by atoms with E-state index < -0.39 is 49.6 Å². The molecule has 2 N–H and O–H groups in total. The summed E-state index contributed by atoms with van der Waals surface area (Å²) in [5.41, 5.74) is -1.42. The van der Waals surface area contributed by atoms with Gasteiger partial charge in [0.05, 0.1) is 5.56 Å². The van der Waals surface area contributed by atoms with Crippen LogP contribution in [0.25, 0.3) is 0 Å². The summed E-state index contributed by atoms with van der Waals surface area (Å²) in [6, 6.07) is 4.73. The number of carbonyl (C=O) groups is 1. The van der Waals surface area contributed by atoms with Gasteiger partial charge in [0.15, 0.2) is 0 Å². The fourth-order valence-corrected chi connectivity index (χ4v) is 2.77. The molecule has 22 heavy (non-hydrogen) atoms. The van der Waals surface area contributed by atoms with Gasteiger partial charge < -0.3 is 5.11 Å². The zero-order chi connectivity index (χ0) is 16.5. The summed E-state index contributed by atoms with van der Waals surface area (Å²) in [4.78, 5) is 9.73. The molecule has 0 amide bonds. The number of para-hydroxylation sites is 1. The molecule has 0 aliphatic heterocycles. The van der Waals surface area contributed by atoms with E-state index in [4.69, 9.17) is 5.11 Å². The fourth-order valence-electron chi connectivity index (χ4n) is 1.64. The molecule has 0 aliphatic carbocycles. The van der Waals surface area contributed by atoms with E-state index in [0.717, 1.165) is 24.3 Å². The standard InChI is InChI=1S/C13H8F3NO4S/c14-8-2-1-3-9(15)12(8)17-22(20,21)11-5-4-7(13(18)19)6-10(11)16/h1-6,17H,(H,18,19). The second-order valence-electron chi connectivity index (χ2n) is 4.15. The van der Waals surface area contributed by atoms with Crippen molar-refractivity contribution in [1.82, 2.24) is 0 Å². The Labute approximate surface area is 123 Å². The Morgan fingerprint density at radius 3 is 2.09 bits per heavy atom. The second kappa shape index (κ2) is 5.68. The van der Waals surface area contributed by atoms with Crippen molar-refractivity contribution in [2.24, 2.45) is 0 Å². The van der Waals surface area contributed by atoms with Gasteiger partial charge in [0.2, 0.25) is 0 Å². The number of rotatable bonds is 4. The average molecular weight is 331 g/mol. The van der Waals surface area contributed by atoms with Crippen molar-refractivity contribution in [3.8, 4) is 0 Å². The highest BCUT2D eigenvalue weighted by Gasteiger charge is 2.23.